The number of allylic oxidation sites excluding steroid dienone is 1. The standard InChI is InChI=1S/C26H26N2O5/c1-26(2)20-7-5-6-8-21(20)28(3)24(26)16-19(29)17-33-25(30)12-10-18-9-11-22(32-14-13-27)23(15-18)31-4/h5-12,15-16H,14,17H2,1-4H3/b12-10+,24-16-. The Bertz CT molecular complexity index is 1160. The average Bonchev–Trinajstić information content (AvgIpc) is 3.01. The van der Waals surface area contributed by atoms with Crippen molar-refractivity contribution in [2.24, 2.45) is 0 Å². The number of nitrogens with zero attached hydrogens (tertiary/aromatic N) is 2. The quantitative estimate of drug-likeness (QED) is 0.447. The first kappa shape index (κ1) is 23.6. The van der Waals surface area contributed by atoms with Crippen LogP contribution in [0, 0.1) is 11.3 Å². The largest absolute Gasteiger partial charge is 0.493 e. The van der Waals surface area contributed by atoms with Gasteiger partial charge >= 0.3 is 5.97 Å². The molecule has 33 heavy (non-hydrogen) atoms. The number of para-hydroxylation sites is 1. The summed E-state index contributed by atoms with van der Waals surface area (Å²) >= 11 is 0. The van der Waals surface area contributed by atoms with Gasteiger partial charge in [-0.1, -0.05) is 38.1 Å². The number of likely N-dealkylation sites (N-methyl/N-ethyl adjacent to an activating group) is 1. The second-order valence-electron chi connectivity index (χ2n) is 8.00. The molecule has 3 rings (SSSR count). The van der Waals surface area contributed by atoms with Crippen LogP contribution < -0.4 is 14.4 Å². The van der Waals surface area contributed by atoms with Crippen LogP contribution in [0.3, 0.4) is 0 Å². The lowest BCUT2D eigenvalue weighted by Crippen LogP contribution is -2.25. The van der Waals surface area contributed by atoms with E-state index in [1.165, 1.54) is 13.2 Å². The molecule has 0 aliphatic carbocycles. The Kier molecular flexibility index (Phi) is 7.19. The Morgan fingerprint density at radius 3 is 2.61 bits per heavy atom. The number of benzene rings is 2. The summed E-state index contributed by atoms with van der Waals surface area (Å²) < 4.78 is 15.6. The number of carbonyl (C=O) groups excluding carboxylic acids is 2. The highest BCUT2D eigenvalue weighted by Gasteiger charge is 2.38. The molecule has 0 aromatic heterocycles. The minimum absolute atomic E-state index is 0.0961. The molecule has 0 amide bonds. The smallest absolute Gasteiger partial charge is 0.331 e. The number of nitriles is 1. The molecule has 0 spiro atoms. The predicted molar refractivity (Wildman–Crippen MR) is 125 cm³/mol. The Morgan fingerprint density at radius 2 is 1.91 bits per heavy atom. The number of hydrogen-bond donors (Lipinski definition) is 0. The molecule has 0 fully saturated rings. The summed E-state index contributed by atoms with van der Waals surface area (Å²) in [4.78, 5) is 26.6. The van der Waals surface area contributed by atoms with E-state index in [4.69, 9.17) is 19.5 Å². The summed E-state index contributed by atoms with van der Waals surface area (Å²) in [6.07, 6.45) is 4.33. The van der Waals surface area contributed by atoms with Crippen molar-refractivity contribution in [2.75, 3.05) is 32.3 Å². The molecule has 2 aromatic carbocycles. The van der Waals surface area contributed by atoms with Crippen molar-refractivity contribution in [3.63, 3.8) is 0 Å². The monoisotopic (exact) mass is 446 g/mol. The zero-order valence-electron chi connectivity index (χ0n) is 19.1. The molecular weight excluding hydrogens is 420 g/mol. The highest BCUT2D eigenvalue weighted by atomic mass is 16.5. The van der Waals surface area contributed by atoms with E-state index in [-0.39, 0.29) is 24.4 Å². The third-order valence-electron chi connectivity index (χ3n) is 5.49. The second-order valence-corrected chi connectivity index (χ2v) is 8.00. The predicted octanol–water partition coefficient (Wildman–Crippen LogP) is 4.03. The normalized spacial score (nSPS) is 15.2. The van der Waals surface area contributed by atoms with Crippen LogP contribution in [0.2, 0.25) is 0 Å². The second kappa shape index (κ2) is 10.0. The van der Waals surface area contributed by atoms with E-state index in [0.717, 1.165) is 16.9 Å². The van der Waals surface area contributed by atoms with E-state index < -0.39 is 5.97 Å². The minimum Gasteiger partial charge on any atom is -0.493 e. The molecule has 0 unspecified atom stereocenters. The van der Waals surface area contributed by atoms with E-state index in [9.17, 15) is 9.59 Å². The lowest BCUT2D eigenvalue weighted by atomic mass is 9.83. The minimum atomic E-state index is -0.632. The van der Waals surface area contributed by atoms with Crippen LogP contribution in [0.1, 0.15) is 25.0 Å². The molecule has 0 bridgehead atoms. The molecule has 7 nitrogen and oxygen atoms in total. The zero-order chi connectivity index (χ0) is 24.0. The number of ketones is 1. The molecule has 0 radical (unpaired) electrons. The van der Waals surface area contributed by atoms with Crippen LogP contribution in [0.4, 0.5) is 5.69 Å². The molecule has 7 heteroatoms. The summed E-state index contributed by atoms with van der Waals surface area (Å²) in [6, 6.07) is 14.9. The highest BCUT2D eigenvalue weighted by molar-refractivity contribution is 5.96. The van der Waals surface area contributed by atoms with Gasteiger partial charge < -0.3 is 19.1 Å². The van der Waals surface area contributed by atoms with Crippen molar-refractivity contribution in [2.45, 2.75) is 19.3 Å². The maximum atomic E-state index is 12.5. The number of fused-ring (bicyclic) bond motifs is 1. The molecular formula is C26H26N2O5. The van der Waals surface area contributed by atoms with E-state index in [1.54, 1.807) is 30.4 Å². The summed E-state index contributed by atoms with van der Waals surface area (Å²) in [7, 11) is 3.41. The lowest BCUT2D eigenvalue weighted by Gasteiger charge is -2.23. The van der Waals surface area contributed by atoms with Gasteiger partial charge in [-0.15, -0.1) is 0 Å². The number of carbonyl (C=O) groups is 2. The van der Waals surface area contributed by atoms with Crippen LogP contribution in [-0.4, -0.2) is 39.1 Å². The third-order valence-corrected chi connectivity index (χ3v) is 5.49. The van der Waals surface area contributed by atoms with Gasteiger partial charge in [-0.05, 0) is 35.4 Å². The van der Waals surface area contributed by atoms with Crippen LogP contribution in [0.5, 0.6) is 11.5 Å². The van der Waals surface area contributed by atoms with Crippen molar-refractivity contribution in [3.8, 4) is 17.6 Å². The van der Waals surface area contributed by atoms with Gasteiger partial charge in [0, 0.05) is 36.0 Å². The molecule has 1 aliphatic rings. The van der Waals surface area contributed by atoms with Crippen molar-refractivity contribution >= 4 is 23.5 Å². The first-order valence-corrected chi connectivity index (χ1v) is 10.4. The molecule has 1 heterocycles. The first-order valence-electron chi connectivity index (χ1n) is 10.4. The van der Waals surface area contributed by atoms with Crippen LogP contribution in [0.25, 0.3) is 6.08 Å². The third kappa shape index (κ3) is 5.24. The number of methoxy groups -OCH3 is 1. The molecule has 170 valence electrons. The number of rotatable bonds is 8. The maximum absolute atomic E-state index is 12.5. The van der Waals surface area contributed by atoms with Gasteiger partial charge in [-0.25, -0.2) is 4.79 Å². The van der Waals surface area contributed by atoms with Crippen molar-refractivity contribution in [3.05, 3.63) is 71.4 Å². The first-order chi connectivity index (χ1) is 15.8. The lowest BCUT2D eigenvalue weighted by molar-refractivity contribution is -0.141. The fraction of sp³-hybridized carbons (Fsp3) is 0.269. The fourth-order valence-electron chi connectivity index (χ4n) is 3.82. The molecule has 0 atom stereocenters. The van der Waals surface area contributed by atoms with Gasteiger partial charge in [0.2, 0.25) is 0 Å². The van der Waals surface area contributed by atoms with Crippen LogP contribution in [-0.2, 0) is 19.7 Å². The van der Waals surface area contributed by atoms with Gasteiger partial charge in [0.15, 0.2) is 30.5 Å². The topological polar surface area (TPSA) is 88.9 Å². The van der Waals surface area contributed by atoms with Crippen molar-refractivity contribution in [1.82, 2.24) is 0 Å². The summed E-state index contributed by atoms with van der Waals surface area (Å²) in [6.45, 7) is 3.68. The highest BCUT2D eigenvalue weighted by Crippen LogP contribution is 2.46. The molecule has 0 saturated heterocycles. The van der Waals surface area contributed by atoms with Gasteiger partial charge in [0.05, 0.1) is 7.11 Å². The number of anilines is 1. The Balaban J connectivity index is 1.61. The molecule has 0 saturated carbocycles. The number of hydrogen-bond acceptors (Lipinski definition) is 7. The fourth-order valence-corrected chi connectivity index (χ4v) is 3.82. The van der Waals surface area contributed by atoms with Gasteiger partial charge in [0.1, 0.15) is 6.07 Å². The van der Waals surface area contributed by atoms with Gasteiger partial charge in [0.25, 0.3) is 0 Å². The Morgan fingerprint density at radius 1 is 1.15 bits per heavy atom. The summed E-state index contributed by atoms with van der Waals surface area (Å²) in [5.41, 5.74) is 3.40. The summed E-state index contributed by atoms with van der Waals surface area (Å²) in [5.74, 6) is -0.0563. The van der Waals surface area contributed by atoms with E-state index in [0.29, 0.717) is 17.1 Å². The SMILES string of the molecule is COc1cc(/C=C/C(=O)OCC(=O)/C=C2\N(C)c3ccccc3C2(C)C)ccc1OCC#N. The Hall–Kier alpha value is -4.05. The number of ether oxygens (including phenoxy) is 3. The van der Waals surface area contributed by atoms with E-state index >= 15 is 0 Å². The van der Waals surface area contributed by atoms with E-state index in [2.05, 4.69) is 19.9 Å². The molecule has 2 aromatic rings. The maximum Gasteiger partial charge on any atom is 0.331 e. The van der Waals surface area contributed by atoms with Crippen molar-refractivity contribution < 1.29 is 23.8 Å². The molecule has 0 N–H and O–H groups in total. The van der Waals surface area contributed by atoms with E-state index in [1.807, 2.05) is 36.2 Å². The zero-order valence-corrected chi connectivity index (χ0v) is 19.1. The number of esters is 1. The van der Waals surface area contributed by atoms with Crippen LogP contribution in [0.15, 0.2) is 60.3 Å². The van der Waals surface area contributed by atoms with Crippen molar-refractivity contribution in [1.29, 1.82) is 5.26 Å². The van der Waals surface area contributed by atoms with Crippen LogP contribution >= 0.6 is 0 Å². The molecule has 1 aliphatic heterocycles. The average molecular weight is 447 g/mol. The van der Waals surface area contributed by atoms with Gasteiger partial charge in [-0.3, -0.25) is 4.79 Å². The summed E-state index contributed by atoms with van der Waals surface area (Å²) in [5, 5.41) is 8.63. The Labute approximate surface area is 193 Å². The van der Waals surface area contributed by atoms with Gasteiger partial charge in [-0.2, -0.15) is 5.26 Å².